The Morgan fingerprint density at radius 1 is 0.909 bits per heavy atom. The first-order chi connectivity index (χ1) is 15.7. The summed E-state index contributed by atoms with van der Waals surface area (Å²) in [6.45, 7) is 2.10. The molecular formula is C25H25ClN2O4S. The van der Waals surface area contributed by atoms with E-state index in [-0.39, 0.29) is 21.4 Å². The summed E-state index contributed by atoms with van der Waals surface area (Å²) in [4.78, 5) is 24.9. The van der Waals surface area contributed by atoms with Crippen molar-refractivity contribution < 1.29 is 18.0 Å². The lowest BCUT2D eigenvalue weighted by atomic mass is 10.1. The fourth-order valence-corrected chi connectivity index (χ4v) is 4.07. The van der Waals surface area contributed by atoms with E-state index in [9.17, 15) is 18.0 Å². The molecule has 2 N–H and O–H groups in total. The third-order valence-electron chi connectivity index (χ3n) is 5.10. The molecule has 0 spiro atoms. The summed E-state index contributed by atoms with van der Waals surface area (Å²) >= 11 is 6.29. The lowest BCUT2D eigenvalue weighted by Crippen LogP contribution is -2.14. The topological polar surface area (TPSA) is 92.3 Å². The van der Waals surface area contributed by atoms with E-state index in [1.807, 2.05) is 12.1 Å². The van der Waals surface area contributed by atoms with Gasteiger partial charge in [0.25, 0.3) is 5.91 Å². The van der Waals surface area contributed by atoms with Gasteiger partial charge in [-0.3, -0.25) is 9.59 Å². The summed E-state index contributed by atoms with van der Waals surface area (Å²) < 4.78 is 23.4. The van der Waals surface area contributed by atoms with Crippen LogP contribution in [0, 0.1) is 0 Å². The molecule has 0 bridgehead atoms. The summed E-state index contributed by atoms with van der Waals surface area (Å²) in [5, 5.41) is 5.72. The van der Waals surface area contributed by atoms with Crippen LogP contribution in [0.15, 0.2) is 71.6 Å². The maximum atomic E-state index is 12.5. The van der Waals surface area contributed by atoms with Gasteiger partial charge in [0.2, 0.25) is 5.91 Å². The van der Waals surface area contributed by atoms with Crippen LogP contribution in [0.1, 0.15) is 34.8 Å². The zero-order valence-corrected chi connectivity index (χ0v) is 20.0. The predicted octanol–water partition coefficient (Wildman–Crippen LogP) is 5.13. The minimum atomic E-state index is -3.43. The fourth-order valence-electron chi connectivity index (χ4n) is 3.18. The van der Waals surface area contributed by atoms with Crippen molar-refractivity contribution >= 4 is 44.6 Å². The molecule has 0 aliphatic heterocycles. The quantitative estimate of drug-likeness (QED) is 0.463. The van der Waals surface area contributed by atoms with Gasteiger partial charge in [0.05, 0.1) is 15.6 Å². The van der Waals surface area contributed by atoms with E-state index in [0.717, 1.165) is 18.2 Å². The Hall–Kier alpha value is -3.16. The van der Waals surface area contributed by atoms with Gasteiger partial charge >= 0.3 is 0 Å². The maximum Gasteiger partial charge on any atom is 0.255 e. The molecule has 0 radical (unpaired) electrons. The molecule has 0 saturated carbocycles. The van der Waals surface area contributed by atoms with Crippen molar-refractivity contribution in [1.29, 1.82) is 0 Å². The number of amides is 2. The Kier molecular flexibility index (Phi) is 7.89. The summed E-state index contributed by atoms with van der Waals surface area (Å²) in [6.07, 6.45) is 3.02. The Labute approximate surface area is 198 Å². The molecule has 3 aromatic carbocycles. The van der Waals surface area contributed by atoms with Crippen LogP contribution < -0.4 is 10.6 Å². The second-order valence-electron chi connectivity index (χ2n) is 7.67. The normalized spacial score (nSPS) is 11.1. The van der Waals surface area contributed by atoms with Crippen LogP contribution in [0.5, 0.6) is 0 Å². The number of anilines is 2. The first kappa shape index (κ1) is 24.5. The van der Waals surface area contributed by atoms with Gasteiger partial charge in [0, 0.05) is 23.9 Å². The number of carbonyl (C=O) groups is 2. The molecule has 0 fully saturated rings. The average Bonchev–Trinajstić information content (AvgIpc) is 2.79. The van der Waals surface area contributed by atoms with E-state index >= 15 is 0 Å². The molecule has 0 unspecified atom stereocenters. The Morgan fingerprint density at radius 2 is 1.61 bits per heavy atom. The third kappa shape index (κ3) is 6.91. The van der Waals surface area contributed by atoms with Crippen molar-refractivity contribution in [2.45, 2.75) is 31.1 Å². The lowest BCUT2D eigenvalue weighted by Gasteiger charge is -2.11. The SMILES string of the molecule is CCc1ccc(CCC(=O)Nc2ccc(NC(=O)c3cccc(S(C)(=O)=O)c3)c(Cl)c2)cc1. The van der Waals surface area contributed by atoms with Crippen molar-refractivity contribution in [3.63, 3.8) is 0 Å². The van der Waals surface area contributed by atoms with Crippen molar-refractivity contribution in [3.05, 3.63) is 88.4 Å². The summed E-state index contributed by atoms with van der Waals surface area (Å²) in [6, 6.07) is 18.7. The van der Waals surface area contributed by atoms with Crippen LogP contribution in [-0.4, -0.2) is 26.5 Å². The molecule has 3 aromatic rings. The highest BCUT2D eigenvalue weighted by molar-refractivity contribution is 7.90. The zero-order chi connectivity index (χ0) is 24.0. The fraction of sp³-hybridized carbons (Fsp3) is 0.200. The van der Waals surface area contributed by atoms with Gasteiger partial charge in [-0.1, -0.05) is 48.9 Å². The van der Waals surface area contributed by atoms with Crippen LogP contribution in [-0.2, 0) is 27.5 Å². The summed E-state index contributed by atoms with van der Waals surface area (Å²) in [5.41, 5.74) is 3.41. The lowest BCUT2D eigenvalue weighted by molar-refractivity contribution is -0.116. The van der Waals surface area contributed by atoms with Gasteiger partial charge in [0.15, 0.2) is 9.84 Å². The molecule has 0 aromatic heterocycles. The van der Waals surface area contributed by atoms with Gasteiger partial charge < -0.3 is 10.6 Å². The molecule has 8 heteroatoms. The molecule has 3 rings (SSSR count). The van der Waals surface area contributed by atoms with E-state index < -0.39 is 15.7 Å². The van der Waals surface area contributed by atoms with Gasteiger partial charge in [-0.2, -0.15) is 0 Å². The van der Waals surface area contributed by atoms with Crippen molar-refractivity contribution in [1.82, 2.24) is 0 Å². The highest BCUT2D eigenvalue weighted by Crippen LogP contribution is 2.26. The van der Waals surface area contributed by atoms with Crippen LogP contribution in [0.2, 0.25) is 5.02 Å². The maximum absolute atomic E-state index is 12.5. The zero-order valence-electron chi connectivity index (χ0n) is 18.4. The third-order valence-corrected chi connectivity index (χ3v) is 6.52. The standard InChI is InChI=1S/C25H25ClN2O4S/c1-3-17-7-9-18(10-8-17)11-14-24(29)27-20-12-13-23(22(26)16-20)28-25(30)19-5-4-6-21(15-19)33(2,31)32/h4-10,12-13,15-16H,3,11,14H2,1-2H3,(H,27,29)(H,28,30). The number of sulfone groups is 1. The molecule has 33 heavy (non-hydrogen) atoms. The Balaban J connectivity index is 1.60. The summed E-state index contributed by atoms with van der Waals surface area (Å²) in [5.74, 6) is -0.631. The number of hydrogen-bond donors (Lipinski definition) is 2. The van der Waals surface area contributed by atoms with E-state index in [2.05, 4.69) is 29.7 Å². The van der Waals surface area contributed by atoms with E-state index in [4.69, 9.17) is 11.6 Å². The molecule has 0 heterocycles. The van der Waals surface area contributed by atoms with Crippen LogP contribution in [0.3, 0.4) is 0 Å². The van der Waals surface area contributed by atoms with Gasteiger partial charge in [0.1, 0.15) is 0 Å². The van der Waals surface area contributed by atoms with Crippen molar-refractivity contribution in [3.8, 4) is 0 Å². The number of aryl methyl sites for hydroxylation is 2. The second-order valence-corrected chi connectivity index (χ2v) is 10.1. The number of halogens is 1. The van der Waals surface area contributed by atoms with E-state index in [1.165, 1.54) is 29.8 Å². The molecular weight excluding hydrogens is 460 g/mol. The number of rotatable bonds is 8. The second kappa shape index (κ2) is 10.6. The van der Waals surface area contributed by atoms with Crippen LogP contribution in [0.4, 0.5) is 11.4 Å². The highest BCUT2D eigenvalue weighted by Gasteiger charge is 2.13. The van der Waals surface area contributed by atoms with E-state index in [1.54, 1.807) is 18.2 Å². The largest absolute Gasteiger partial charge is 0.326 e. The minimum absolute atomic E-state index is 0.0561. The molecule has 0 aliphatic rings. The van der Waals surface area contributed by atoms with Gasteiger partial charge in [-0.05, 0) is 60.4 Å². The Morgan fingerprint density at radius 3 is 2.24 bits per heavy atom. The highest BCUT2D eigenvalue weighted by atomic mass is 35.5. The predicted molar refractivity (Wildman–Crippen MR) is 132 cm³/mol. The van der Waals surface area contributed by atoms with Crippen LogP contribution in [0.25, 0.3) is 0 Å². The first-order valence-corrected chi connectivity index (χ1v) is 12.7. The summed E-state index contributed by atoms with van der Waals surface area (Å²) in [7, 11) is -3.43. The van der Waals surface area contributed by atoms with Crippen LogP contribution >= 0.6 is 11.6 Å². The average molecular weight is 485 g/mol. The monoisotopic (exact) mass is 484 g/mol. The van der Waals surface area contributed by atoms with Gasteiger partial charge in [-0.15, -0.1) is 0 Å². The molecule has 0 atom stereocenters. The first-order valence-electron chi connectivity index (χ1n) is 10.4. The number of carbonyl (C=O) groups excluding carboxylic acids is 2. The smallest absolute Gasteiger partial charge is 0.255 e. The van der Waals surface area contributed by atoms with Gasteiger partial charge in [-0.25, -0.2) is 8.42 Å². The van der Waals surface area contributed by atoms with Crippen molar-refractivity contribution in [2.24, 2.45) is 0 Å². The Bertz CT molecular complexity index is 1270. The minimum Gasteiger partial charge on any atom is -0.326 e. The molecule has 2 amide bonds. The van der Waals surface area contributed by atoms with E-state index in [0.29, 0.717) is 24.2 Å². The molecule has 172 valence electrons. The molecule has 0 saturated heterocycles. The number of benzene rings is 3. The molecule has 0 aliphatic carbocycles. The number of nitrogens with one attached hydrogen (secondary N) is 2. The van der Waals surface area contributed by atoms with Crippen molar-refractivity contribution in [2.75, 3.05) is 16.9 Å². The molecule has 6 nitrogen and oxygen atoms in total. The number of hydrogen-bond acceptors (Lipinski definition) is 4.